The molecule has 2 saturated heterocycles. The van der Waals surface area contributed by atoms with Gasteiger partial charge in [-0.3, -0.25) is 4.98 Å². The number of rotatable bonds is 3. The number of aromatic nitrogens is 1. The number of hydrogen-bond donors (Lipinski definition) is 1. The van der Waals surface area contributed by atoms with Crippen molar-refractivity contribution in [2.45, 2.75) is 50.7 Å². The van der Waals surface area contributed by atoms with Crippen LogP contribution in [0.3, 0.4) is 0 Å². The fraction of sp³-hybridized carbons (Fsp3) is 0.706. The van der Waals surface area contributed by atoms with Crippen LogP contribution < -0.4 is 0 Å². The summed E-state index contributed by atoms with van der Waals surface area (Å²) in [6.07, 6.45) is 8.47. The monoisotopic (exact) mass is 307 g/mol. The Bertz CT molecular complexity index is 468. The van der Waals surface area contributed by atoms with Gasteiger partial charge in [0.1, 0.15) is 0 Å². The third-order valence-electron chi connectivity index (χ3n) is 5.02. The maximum absolute atomic E-state index is 10.9. The van der Waals surface area contributed by atoms with Gasteiger partial charge < -0.3 is 9.84 Å². The second-order valence-corrected chi connectivity index (χ2v) is 7.49. The number of ether oxygens (including phenoxy) is 1. The van der Waals surface area contributed by atoms with Gasteiger partial charge in [0, 0.05) is 19.0 Å². The Balaban J connectivity index is 1.76. The molecule has 1 aromatic rings. The lowest BCUT2D eigenvalue weighted by atomic mass is 9.77. The summed E-state index contributed by atoms with van der Waals surface area (Å²) in [5.41, 5.74) is 2.28. The van der Waals surface area contributed by atoms with E-state index < -0.39 is 0 Å². The predicted octanol–water partition coefficient (Wildman–Crippen LogP) is 3.37. The molecular formula is C17H25NO2S. The van der Waals surface area contributed by atoms with Crippen LogP contribution in [-0.4, -0.2) is 33.8 Å². The Morgan fingerprint density at radius 3 is 3.05 bits per heavy atom. The highest BCUT2D eigenvalue weighted by Gasteiger charge is 2.41. The highest BCUT2D eigenvalue weighted by Crippen LogP contribution is 2.43. The van der Waals surface area contributed by atoms with E-state index in [0.717, 1.165) is 44.3 Å². The zero-order valence-corrected chi connectivity index (χ0v) is 13.6. The fourth-order valence-electron chi connectivity index (χ4n) is 3.70. The number of pyridine rings is 1. The van der Waals surface area contributed by atoms with E-state index in [4.69, 9.17) is 4.74 Å². The lowest BCUT2D eigenvalue weighted by Crippen LogP contribution is -2.44. The molecule has 1 N–H and O–H groups in total. The van der Waals surface area contributed by atoms with E-state index >= 15 is 0 Å². The first-order valence-corrected chi connectivity index (χ1v) is 9.22. The number of hydrogen-bond acceptors (Lipinski definition) is 4. The SMILES string of the molecule is CCc1cnccc1C(O)C1CCOC2(CCSCC2)C1. The normalized spacial score (nSPS) is 26.7. The molecule has 2 aliphatic rings. The largest absolute Gasteiger partial charge is 0.388 e. The summed E-state index contributed by atoms with van der Waals surface area (Å²) in [6, 6.07) is 1.99. The Labute approximate surface area is 131 Å². The smallest absolute Gasteiger partial charge is 0.0823 e. The lowest BCUT2D eigenvalue weighted by molar-refractivity contribution is -0.121. The molecular weight excluding hydrogens is 282 g/mol. The third-order valence-corrected chi connectivity index (χ3v) is 6.01. The summed E-state index contributed by atoms with van der Waals surface area (Å²) in [5.74, 6) is 2.70. The van der Waals surface area contributed by atoms with E-state index in [0.29, 0.717) is 5.92 Å². The lowest BCUT2D eigenvalue weighted by Gasteiger charge is -2.44. The van der Waals surface area contributed by atoms with Gasteiger partial charge in [-0.05, 0) is 66.7 Å². The summed E-state index contributed by atoms with van der Waals surface area (Å²) >= 11 is 2.02. The summed E-state index contributed by atoms with van der Waals surface area (Å²) in [5, 5.41) is 10.9. The number of aryl methyl sites for hydroxylation is 1. The molecule has 21 heavy (non-hydrogen) atoms. The van der Waals surface area contributed by atoms with Gasteiger partial charge in [-0.25, -0.2) is 0 Å². The van der Waals surface area contributed by atoms with Gasteiger partial charge in [0.05, 0.1) is 11.7 Å². The first-order valence-electron chi connectivity index (χ1n) is 8.07. The molecule has 4 heteroatoms. The Morgan fingerprint density at radius 2 is 2.29 bits per heavy atom. The van der Waals surface area contributed by atoms with Crippen LogP contribution in [0.2, 0.25) is 0 Å². The van der Waals surface area contributed by atoms with E-state index in [1.807, 2.05) is 24.0 Å². The highest BCUT2D eigenvalue weighted by atomic mass is 32.2. The van der Waals surface area contributed by atoms with Crippen molar-refractivity contribution in [3.05, 3.63) is 29.6 Å². The predicted molar refractivity (Wildman–Crippen MR) is 86.5 cm³/mol. The van der Waals surface area contributed by atoms with Gasteiger partial charge in [0.15, 0.2) is 0 Å². The molecule has 1 spiro atoms. The molecule has 0 aliphatic carbocycles. The zero-order chi connectivity index (χ0) is 14.7. The van der Waals surface area contributed by atoms with Crippen LogP contribution in [-0.2, 0) is 11.2 Å². The van der Waals surface area contributed by atoms with Crippen molar-refractivity contribution in [3.8, 4) is 0 Å². The van der Waals surface area contributed by atoms with E-state index in [-0.39, 0.29) is 11.7 Å². The Kier molecular flexibility index (Phi) is 4.87. The van der Waals surface area contributed by atoms with Crippen LogP contribution in [0.1, 0.15) is 49.8 Å². The van der Waals surface area contributed by atoms with Gasteiger partial charge in [-0.2, -0.15) is 11.8 Å². The molecule has 3 rings (SSSR count). The molecule has 0 bridgehead atoms. The van der Waals surface area contributed by atoms with Crippen molar-refractivity contribution in [1.82, 2.24) is 4.98 Å². The zero-order valence-electron chi connectivity index (χ0n) is 12.8. The van der Waals surface area contributed by atoms with Gasteiger partial charge >= 0.3 is 0 Å². The minimum atomic E-state index is -0.377. The number of thioether (sulfide) groups is 1. The minimum Gasteiger partial charge on any atom is -0.388 e. The second kappa shape index (κ2) is 6.67. The topological polar surface area (TPSA) is 42.4 Å². The maximum Gasteiger partial charge on any atom is 0.0823 e. The molecule has 0 radical (unpaired) electrons. The van der Waals surface area contributed by atoms with E-state index in [9.17, 15) is 5.11 Å². The quantitative estimate of drug-likeness (QED) is 0.929. The molecule has 2 fully saturated rings. The molecule has 2 aliphatic heterocycles. The number of nitrogens with zero attached hydrogens (tertiary/aromatic N) is 1. The summed E-state index contributed by atoms with van der Waals surface area (Å²) < 4.78 is 6.14. The average molecular weight is 307 g/mol. The van der Waals surface area contributed by atoms with Crippen molar-refractivity contribution >= 4 is 11.8 Å². The van der Waals surface area contributed by atoms with Gasteiger partial charge in [0.25, 0.3) is 0 Å². The first-order chi connectivity index (χ1) is 10.2. The average Bonchev–Trinajstić information content (AvgIpc) is 2.55. The highest BCUT2D eigenvalue weighted by molar-refractivity contribution is 7.99. The van der Waals surface area contributed by atoms with Crippen molar-refractivity contribution in [1.29, 1.82) is 0 Å². The molecule has 3 nitrogen and oxygen atoms in total. The molecule has 0 saturated carbocycles. The standard InChI is InChI=1S/C17H25NO2S/c1-2-13-12-18-7-3-15(13)16(19)14-4-8-20-17(11-14)5-9-21-10-6-17/h3,7,12,14,16,19H,2,4-6,8-11H2,1H3. The molecule has 1 aromatic heterocycles. The van der Waals surface area contributed by atoms with E-state index in [1.165, 1.54) is 17.1 Å². The number of aliphatic hydroxyl groups is 1. The molecule has 0 amide bonds. The summed E-state index contributed by atoms with van der Waals surface area (Å²) in [6.45, 7) is 2.91. The Hall–Kier alpha value is -0.580. The van der Waals surface area contributed by atoms with Crippen molar-refractivity contribution < 1.29 is 9.84 Å². The minimum absolute atomic E-state index is 0.0363. The number of aliphatic hydroxyl groups excluding tert-OH is 1. The summed E-state index contributed by atoms with van der Waals surface area (Å²) in [4.78, 5) is 4.19. The molecule has 0 aromatic carbocycles. The van der Waals surface area contributed by atoms with Gasteiger partial charge in [-0.15, -0.1) is 0 Å². The van der Waals surface area contributed by atoms with Crippen molar-refractivity contribution in [2.75, 3.05) is 18.1 Å². The van der Waals surface area contributed by atoms with Crippen molar-refractivity contribution in [3.63, 3.8) is 0 Å². The van der Waals surface area contributed by atoms with Crippen LogP contribution in [0, 0.1) is 5.92 Å². The van der Waals surface area contributed by atoms with Gasteiger partial charge in [0.2, 0.25) is 0 Å². The van der Waals surface area contributed by atoms with Crippen LogP contribution in [0.25, 0.3) is 0 Å². The van der Waals surface area contributed by atoms with Crippen LogP contribution in [0.15, 0.2) is 18.5 Å². The molecule has 116 valence electrons. The molecule has 2 unspecified atom stereocenters. The first kappa shape index (κ1) is 15.3. The van der Waals surface area contributed by atoms with Crippen LogP contribution >= 0.6 is 11.8 Å². The van der Waals surface area contributed by atoms with Crippen molar-refractivity contribution in [2.24, 2.45) is 5.92 Å². The third kappa shape index (κ3) is 3.27. The van der Waals surface area contributed by atoms with E-state index in [1.54, 1.807) is 6.20 Å². The fourth-order valence-corrected chi connectivity index (χ4v) is 4.94. The van der Waals surface area contributed by atoms with Gasteiger partial charge in [-0.1, -0.05) is 6.92 Å². The van der Waals surface area contributed by atoms with E-state index in [2.05, 4.69) is 11.9 Å². The molecule has 3 heterocycles. The second-order valence-electron chi connectivity index (χ2n) is 6.27. The van der Waals surface area contributed by atoms with Crippen LogP contribution in [0.4, 0.5) is 0 Å². The Morgan fingerprint density at radius 1 is 1.48 bits per heavy atom. The summed E-state index contributed by atoms with van der Waals surface area (Å²) in [7, 11) is 0. The van der Waals surface area contributed by atoms with Crippen LogP contribution in [0.5, 0.6) is 0 Å². The molecule has 2 atom stereocenters. The maximum atomic E-state index is 10.9.